The molecule has 0 radical (unpaired) electrons. The van der Waals surface area contributed by atoms with E-state index < -0.39 is 10.8 Å². The lowest BCUT2D eigenvalue weighted by atomic mass is 10.0. The zero-order chi connectivity index (χ0) is 21.2. The van der Waals surface area contributed by atoms with Crippen molar-refractivity contribution in [3.8, 4) is 0 Å². The van der Waals surface area contributed by atoms with Gasteiger partial charge >= 0.3 is 0 Å². The van der Waals surface area contributed by atoms with Crippen molar-refractivity contribution in [2.45, 2.75) is 37.2 Å². The van der Waals surface area contributed by atoms with Gasteiger partial charge in [-0.15, -0.1) is 24.0 Å². The second kappa shape index (κ2) is 14.1. The van der Waals surface area contributed by atoms with Crippen molar-refractivity contribution in [3.05, 3.63) is 65.2 Å². The van der Waals surface area contributed by atoms with E-state index in [4.69, 9.17) is 11.6 Å². The van der Waals surface area contributed by atoms with E-state index >= 15 is 0 Å². The number of benzene rings is 2. The van der Waals surface area contributed by atoms with Crippen molar-refractivity contribution in [3.63, 3.8) is 0 Å². The first kappa shape index (κ1) is 26.1. The van der Waals surface area contributed by atoms with Crippen molar-refractivity contribution in [1.29, 1.82) is 0 Å². The Bertz CT molecular complexity index is 827. The van der Waals surface area contributed by atoms with Gasteiger partial charge in [-0.3, -0.25) is 14.1 Å². The van der Waals surface area contributed by atoms with Gasteiger partial charge in [0.15, 0.2) is 5.96 Å². The number of nitrogens with zero attached hydrogens (tertiary/aromatic N) is 2. The summed E-state index contributed by atoms with van der Waals surface area (Å²) in [6, 6.07) is 18.1. The molecule has 1 aliphatic heterocycles. The van der Waals surface area contributed by atoms with Crippen LogP contribution in [0.1, 0.15) is 25.3 Å². The number of hydrogen-bond acceptors (Lipinski definition) is 3. The van der Waals surface area contributed by atoms with Crippen LogP contribution in [-0.4, -0.2) is 53.0 Å². The summed E-state index contributed by atoms with van der Waals surface area (Å²) in [6.07, 6.45) is 2.15. The Morgan fingerprint density at radius 3 is 2.45 bits per heavy atom. The number of aliphatic imine (C=N–C) groups is 1. The van der Waals surface area contributed by atoms with Crippen LogP contribution in [0.2, 0.25) is 5.02 Å². The quantitative estimate of drug-likeness (QED) is 0.281. The molecule has 31 heavy (non-hydrogen) atoms. The zero-order valence-corrected chi connectivity index (χ0v) is 21.8. The number of halogens is 2. The monoisotopic (exact) mass is 574 g/mol. The van der Waals surface area contributed by atoms with Gasteiger partial charge in [-0.2, -0.15) is 0 Å². The smallest absolute Gasteiger partial charge is 0.191 e. The molecule has 2 aromatic carbocycles. The zero-order valence-electron chi connectivity index (χ0n) is 17.9. The molecule has 1 fully saturated rings. The number of likely N-dealkylation sites (tertiary alicyclic amines) is 1. The van der Waals surface area contributed by atoms with Crippen molar-refractivity contribution >= 4 is 52.3 Å². The van der Waals surface area contributed by atoms with Gasteiger partial charge in [0.2, 0.25) is 0 Å². The van der Waals surface area contributed by atoms with E-state index in [-0.39, 0.29) is 24.0 Å². The molecule has 8 heteroatoms. The first-order valence-electron chi connectivity index (χ1n) is 10.6. The van der Waals surface area contributed by atoms with Crippen LogP contribution in [0.15, 0.2) is 64.5 Å². The van der Waals surface area contributed by atoms with Gasteiger partial charge in [0.25, 0.3) is 0 Å². The van der Waals surface area contributed by atoms with Gasteiger partial charge in [0.1, 0.15) is 0 Å². The summed E-state index contributed by atoms with van der Waals surface area (Å²) < 4.78 is 12.4. The molecule has 1 heterocycles. The Hall–Kier alpha value is -1.16. The number of piperidine rings is 1. The van der Waals surface area contributed by atoms with Crippen LogP contribution in [0.5, 0.6) is 0 Å². The average molecular weight is 575 g/mol. The molecule has 1 unspecified atom stereocenters. The summed E-state index contributed by atoms with van der Waals surface area (Å²) in [5, 5.41) is 7.65. The molecule has 1 atom stereocenters. The molecule has 170 valence electrons. The van der Waals surface area contributed by atoms with E-state index in [0.29, 0.717) is 18.3 Å². The van der Waals surface area contributed by atoms with Crippen LogP contribution in [0.4, 0.5) is 0 Å². The molecule has 0 spiro atoms. The minimum atomic E-state index is -1.01. The third-order valence-electron chi connectivity index (χ3n) is 5.14. The Kier molecular flexibility index (Phi) is 11.9. The van der Waals surface area contributed by atoms with Crippen LogP contribution in [0.25, 0.3) is 0 Å². The van der Waals surface area contributed by atoms with E-state index in [1.807, 2.05) is 42.5 Å². The second-order valence-corrected chi connectivity index (χ2v) is 9.45. The van der Waals surface area contributed by atoms with Crippen molar-refractivity contribution in [2.24, 2.45) is 4.99 Å². The molecule has 5 nitrogen and oxygen atoms in total. The van der Waals surface area contributed by atoms with Crippen LogP contribution >= 0.6 is 35.6 Å². The maximum absolute atomic E-state index is 12.4. The van der Waals surface area contributed by atoms with E-state index in [1.165, 1.54) is 5.56 Å². The van der Waals surface area contributed by atoms with Crippen LogP contribution in [0.3, 0.4) is 0 Å². The molecular weight excluding hydrogens is 543 g/mol. The Balaban J connectivity index is 0.00000341. The van der Waals surface area contributed by atoms with Gasteiger partial charge in [-0.05, 0) is 49.6 Å². The fraction of sp³-hybridized carbons (Fsp3) is 0.435. The lowest BCUT2D eigenvalue weighted by molar-refractivity contribution is 0.198. The van der Waals surface area contributed by atoms with Crippen molar-refractivity contribution in [2.75, 3.05) is 31.9 Å². The van der Waals surface area contributed by atoms with Gasteiger partial charge in [0.05, 0.1) is 17.3 Å². The number of nitrogens with one attached hydrogen (secondary N) is 2. The van der Waals surface area contributed by atoms with Crippen LogP contribution in [0, 0.1) is 0 Å². The lowest BCUT2D eigenvalue weighted by Gasteiger charge is -2.33. The summed E-state index contributed by atoms with van der Waals surface area (Å²) >= 11 is 5.98. The summed E-state index contributed by atoms with van der Waals surface area (Å²) in [5.41, 5.74) is 1.30. The predicted molar refractivity (Wildman–Crippen MR) is 142 cm³/mol. The largest absolute Gasteiger partial charge is 0.357 e. The molecule has 0 amide bonds. The molecule has 2 aromatic rings. The SMILES string of the molecule is CCNC(=NCCS(=O)c1ccccc1)NC1CCN(Cc2ccc(Cl)cc2)CC1.I. The van der Waals surface area contributed by atoms with Gasteiger partial charge in [-0.1, -0.05) is 41.9 Å². The van der Waals surface area contributed by atoms with Crippen LogP contribution < -0.4 is 10.6 Å². The third kappa shape index (κ3) is 9.08. The highest BCUT2D eigenvalue weighted by molar-refractivity contribution is 14.0. The molecule has 2 N–H and O–H groups in total. The Morgan fingerprint density at radius 2 is 1.81 bits per heavy atom. The maximum Gasteiger partial charge on any atom is 0.191 e. The van der Waals surface area contributed by atoms with Crippen molar-refractivity contribution < 1.29 is 4.21 Å². The summed E-state index contributed by atoms with van der Waals surface area (Å²) in [7, 11) is -1.01. The Morgan fingerprint density at radius 1 is 1.13 bits per heavy atom. The minimum absolute atomic E-state index is 0. The molecule has 0 aromatic heterocycles. The molecule has 3 rings (SSSR count). The van der Waals surface area contributed by atoms with E-state index in [2.05, 4.69) is 39.6 Å². The highest BCUT2D eigenvalue weighted by atomic mass is 127. The number of rotatable bonds is 8. The van der Waals surface area contributed by atoms with Crippen LogP contribution in [-0.2, 0) is 17.3 Å². The molecule has 1 saturated heterocycles. The molecule has 1 aliphatic rings. The van der Waals surface area contributed by atoms with E-state index in [9.17, 15) is 4.21 Å². The maximum atomic E-state index is 12.4. The third-order valence-corrected chi connectivity index (χ3v) is 6.75. The molecular formula is C23H32ClIN4OS. The summed E-state index contributed by atoms with van der Waals surface area (Å²) in [5.74, 6) is 1.35. The highest BCUT2D eigenvalue weighted by Crippen LogP contribution is 2.16. The van der Waals surface area contributed by atoms with Gasteiger partial charge < -0.3 is 10.6 Å². The predicted octanol–water partition coefficient (Wildman–Crippen LogP) is 4.29. The Labute approximate surface area is 210 Å². The second-order valence-electron chi connectivity index (χ2n) is 7.44. The fourth-order valence-electron chi connectivity index (χ4n) is 3.53. The normalized spacial score (nSPS) is 16.4. The number of guanidine groups is 1. The van der Waals surface area contributed by atoms with E-state index in [1.54, 1.807) is 0 Å². The topological polar surface area (TPSA) is 56.7 Å². The minimum Gasteiger partial charge on any atom is -0.357 e. The van der Waals surface area contributed by atoms with Crippen molar-refractivity contribution in [1.82, 2.24) is 15.5 Å². The van der Waals surface area contributed by atoms with Gasteiger partial charge in [-0.25, -0.2) is 0 Å². The standard InChI is InChI=1S/C23H31ClN4OS.HI/c1-2-25-23(26-14-17-30(29)22-6-4-3-5-7-22)27-21-12-15-28(16-13-21)18-19-8-10-20(24)11-9-19;/h3-11,21H,2,12-18H2,1H3,(H2,25,26,27);1H. The first-order chi connectivity index (χ1) is 14.6. The fourth-order valence-corrected chi connectivity index (χ4v) is 4.61. The number of hydrogen-bond donors (Lipinski definition) is 2. The molecule has 0 aliphatic carbocycles. The van der Waals surface area contributed by atoms with E-state index in [0.717, 1.165) is 54.9 Å². The molecule has 0 saturated carbocycles. The summed E-state index contributed by atoms with van der Waals surface area (Å²) in [6.45, 7) is 6.47. The average Bonchev–Trinajstić information content (AvgIpc) is 2.77. The first-order valence-corrected chi connectivity index (χ1v) is 12.3. The lowest BCUT2D eigenvalue weighted by Crippen LogP contribution is -2.48. The van der Waals surface area contributed by atoms with Gasteiger partial charge in [0, 0.05) is 47.9 Å². The highest BCUT2D eigenvalue weighted by Gasteiger charge is 2.20. The summed E-state index contributed by atoms with van der Waals surface area (Å²) in [4.78, 5) is 7.98. The molecule has 0 bridgehead atoms.